The first-order valence-corrected chi connectivity index (χ1v) is 6.95. The van der Waals surface area contributed by atoms with Crippen LogP contribution in [0.2, 0.25) is 0 Å². The van der Waals surface area contributed by atoms with Crippen molar-refractivity contribution in [3.8, 4) is 11.8 Å². The van der Waals surface area contributed by atoms with E-state index < -0.39 is 5.60 Å². The normalized spacial score (nSPS) is 10.7. The molecule has 5 nitrogen and oxygen atoms in total. The van der Waals surface area contributed by atoms with Gasteiger partial charge in [0.1, 0.15) is 0 Å². The lowest BCUT2D eigenvalue weighted by Crippen LogP contribution is -2.40. The molecule has 1 amide bonds. The van der Waals surface area contributed by atoms with Gasteiger partial charge in [0.15, 0.2) is 0 Å². The number of hydrogen-bond acceptors (Lipinski definition) is 4. The lowest BCUT2D eigenvalue weighted by atomic mass is 10.1. The molecular weight excluding hydrogens is 268 g/mol. The molecule has 0 spiro atoms. The third-order valence-electron chi connectivity index (χ3n) is 2.68. The van der Waals surface area contributed by atoms with Crippen LogP contribution >= 0.6 is 0 Å². The van der Waals surface area contributed by atoms with Gasteiger partial charge in [-0.05, 0) is 26.8 Å². The Morgan fingerprint density at radius 2 is 2.24 bits per heavy atom. The first kappa shape index (κ1) is 17.2. The van der Waals surface area contributed by atoms with E-state index in [-0.39, 0.29) is 12.5 Å². The monoisotopic (exact) mass is 290 g/mol. The summed E-state index contributed by atoms with van der Waals surface area (Å²) in [7, 11) is 0. The Morgan fingerprint density at radius 3 is 2.90 bits per heavy atom. The molecular formula is C16H22N2O3. The number of nitrogens with zero attached hydrogens (tertiary/aromatic N) is 1. The molecule has 0 aromatic carbocycles. The van der Waals surface area contributed by atoms with Crippen molar-refractivity contribution >= 4 is 5.91 Å². The second-order valence-corrected chi connectivity index (χ2v) is 5.11. The standard InChI is InChI=1S/C16H22N2O3/c1-4-21-16(2,3)12-18-15(20)14-9-13(10-17-11-14)7-5-6-8-19/h9-11,19H,4,6,8,12H2,1-3H3,(H,18,20). The molecule has 1 heterocycles. The van der Waals surface area contributed by atoms with Crippen LogP contribution in [0.1, 0.15) is 43.1 Å². The Kier molecular flexibility index (Phi) is 6.86. The second-order valence-electron chi connectivity index (χ2n) is 5.11. The Morgan fingerprint density at radius 1 is 1.48 bits per heavy atom. The molecule has 0 aliphatic carbocycles. The molecule has 0 aliphatic rings. The van der Waals surface area contributed by atoms with E-state index in [0.29, 0.717) is 30.7 Å². The van der Waals surface area contributed by atoms with Gasteiger partial charge in [-0.3, -0.25) is 9.78 Å². The van der Waals surface area contributed by atoms with Gasteiger partial charge in [0.25, 0.3) is 5.91 Å². The lowest BCUT2D eigenvalue weighted by Gasteiger charge is -2.24. The number of carbonyl (C=O) groups is 1. The summed E-state index contributed by atoms with van der Waals surface area (Å²) in [5.74, 6) is 5.45. The average molecular weight is 290 g/mol. The van der Waals surface area contributed by atoms with Gasteiger partial charge in [-0.25, -0.2) is 0 Å². The number of rotatable bonds is 6. The highest BCUT2D eigenvalue weighted by atomic mass is 16.5. The summed E-state index contributed by atoms with van der Waals surface area (Å²) in [6.07, 6.45) is 3.49. The molecule has 1 aromatic heterocycles. The minimum Gasteiger partial charge on any atom is -0.395 e. The molecule has 114 valence electrons. The largest absolute Gasteiger partial charge is 0.395 e. The van der Waals surface area contributed by atoms with Crippen molar-refractivity contribution in [1.82, 2.24) is 10.3 Å². The zero-order valence-electron chi connectivity index (χ0n) is 12.8. The highest BCUT2D eigenvalue weighted by Crippen LogP contribution is 2.08. The minimum absolute atomic E-state index is 0.0209. The molecule has 0 aliphatic heterocycles. The smallest absolute Gasteiger partial charge is 0.252 e. The van der Waals surface area contributed by atoms with E-state index in [4.69, 9.17) is 9.84 Å². The van der Waals surface area contributed by atoms with Crippen LogP contribution in [0.25, 0.3) is 0 Å². The predicted octanol–water partition coefficient (Wildman–Crippen LogP) is 1.36. The maximum Gasteiger partial charge on any atom is 0.252 e. The summed E-state index contributed by atoms with van der Waals surface area (Å²) < 4.78 is 5.53. The maximum absolute atomic E-state index is 12.1. The van der Waals surface area contributed by atoms with Crippen molar-refractivity contribution in [1.29, 1.82) is 0 Å². The molecule has 0 bridgehead atoms. The summed E-state index contributed by atoms with van der Waals surface area (Å²) in [4.78, 5) is 16.1. The second kappa shape index (κ2) is 8.40. The highest BCUT2D eigenvalue weighted by Gasteiger charge is 2.19. The topological polar surface area (TPSA) is 71.5 Å². The number of aliphatic hydroxyl groups is 1. The Labute approximate surface area is 125 Å². The summed E-state index contributed by atoms with van der Waals surface area (Å²) in [6.45, 7) is 6.80. The van der Waals surface area contributed by atoms with E-state index in [9.17, 15) is 4.79 Å². The Hall–Kier alpha value is -1.90. The molecule has 0 saturated carbocycles. The average Bonchev–Trinajstić information content (AvgIpc) is 2.45. The van der Waals surface area contributed by atoms with Crippen molar-refractivity contribution < 1.29 is 14.6 Å². The van der Waals surface area contributed by atoms with E-state index in [1.54, 1.807) is 12.3 Å². The van der Waals surface area contributed by atoms with Crippen molar-refractivity contribution in [3.63, 3.8) is 0 Å². The zero-order valence-corrected chi connectivity index (χ0v) is 12.8. The predicted molar refractivity (Wildman–Crippen MR) is 80.9 cm³/mol. The van der Waals surface area contributed by atoms with Crippen molar-refractivity contribution in [2.75, 3.05) is 19.8 Å². The van der Waals surface area contributed by atoms with Gasteiger partial charge in [0, 0.05) is 37.5 Å². The number of aromatic nitrogens is 1. The van der Waals surface area contributed by atoms with Crippen LogP contribution in [-0.2, 0) is 4.74 Å². The van der Waals surface area contributed by atoms with Gasteiger partial charge >= 0.3 is 0 Å². The first-order valence-electron chi connectivity index (χ1n) is 6.95. The number of hydrogen-bond donors (Lipinski definition) is 2. The molecule has 0 atom stereocenters. The fourth-order valence-corrected chi connectivity index (χ4v) is 1.69. The van der Waals surface area contributed by atoms with Gasteiger partial charge in [-0.1, -0.05) is 11.8 Å². The van der Waals surface area contributed by atoms with E-state index in [2.05, 4.69) is 22.1 Å². The van der Waals surface area contributed by atoms with E-state index in [0.717, 1.165) is 0 Å². The molecule has 0 radical (unpaired) electrons. The van der Waals surface area contributed by atoms with E-state index in [1.165, 1.54) is 6.20 Å². The van der Waals surface area contributed by atoms with Gasteiger partial charge in [-0.15, -0.1) is 0 Å². The van der Waals surface area contributed by atoms with Crippen LogP contribution in [0.3, 0.4) is 0 Å². The molecule has 1 rings (SSSR count). The van der Waals surface area contributed by atoms with Gasteiger partial charge in [0.2, 0.25) is 0 Å². The fraction of sp³-hybridized carbons (Fsp3) is 0.500. The van der Waals surface area contributed by atoms with Crippen molar-refractivity contribution in [2.45, 2.75) is 32.8 Å². The number of amides is 1. The van der Waals surface area contributed by atoms with Crippen LogP contribution in [0.5, 0.6) is 0 Å². The van der Waals surface area contributed by atoms with Crippen LogP contribution in [0.4, 0.5) is 0 Å². The molecule has 2 N–H and O–H groups in total. The minimum atomic E-state index is -0.406. The van der Waals surface area contributed by atoms with Crippen molar-refractivity contribution in [3.05, 3.63) is 29.6 Å². The quantitative estimate of drug-likeness (QED) is 0.776. The number of carbonyl (C=O) groups excluding carboxylic acids is 1. The lowest BCUT2D eigenvalue weighted by molar-refractivity contribution is -0.00815. The molecule has 5 heteroatoms. The number of nitrogens with one attached hydrogen (secondary N) is 1. The first-order chi connectivity index (χ1) is 9.98. The molecule has 1 aromatic rings. The van der Waals surface area contributed by atoms with Gasteiger partial charge in [0.05, 0.1) is 17.8 Å². The third-order valence-corrected chi connectivity index (χ3v) is 2.68. The van der Waals surface area contributed by atoms with Crippen molar-refractivity contribution in [2.24, 2.45) is 0 Å². The SMILES string of the molecule is CCOC(C)(C)CNC(=O)c1cncc(C#CCCO)c1. The molecule has 21 heavy (non-hydrogen) atoms. The molecule has 0 fully saturated rings. The zero-order chi connectivity index (χ0) is 15.7. The number of aliphatic hydroxyl groups excluding tert-OH is 1. The van der Waals surface area contributed by atoms with Crippen LogP contribution in [0, 0.1) is 11.8 Å². The maximum atomic E-state index is 12.1. The van der Waals surface area contributed by atoms with Crippen LogP contribution in [-0.4, -0.2) is 41.4 Å². The highest BCUT2D eigenvalue weighted by molar-refractivity contribution is 5.94. The summed E-state index contributed by atoms with van der Waals surface area (Å²) in [5.41, 5.74) is 0.703. The number of pyridine rings is 1. The van der Waals surface area contributed by atoms with Gasteiger partial charge in [-0.2, -0.15) is 0 Å². The Balaban J connectivity index is 2.67. The molecule has 0 saturated heterocycles. The third kappa shape index (κ3) is 6.39. The summed E-state index contributed by atoms with van der Waals surface area (Å²) in [5, 5.41) is 11.5. The summed E-state index contributed by atoms with van der Waals surface area (Å²) in [6, 6.07) is 1.68. The Bertz CT molecular complexity index is 530. The molecule has 0 unspecified atom stereocenters. The van der Waals surface area contributed by atoms with Crippen LogP contribution < -0.4 is 5.32 Å². The van der Waals surface area contributed by atoms with Gasteiger partial charge < -0.3 is 15.2 Å². The summed E-state index contributed by atoms with van der Waals surface area (Å²) >= 11 is 0. The van der Waals surface area contributed by atoms with Crippen LogP contribution in [0.15, 0.2) is 18.5 Å². The van der Waals surface area contributed by atoms with E-state index >= 15 is 0 Å². The fourth-order valence-electron chi connectivity index (χ4n) is 1.69. The number of ether oxygens (including phenoxy) is 1. The van der Waals surface area contributed by atoms with E-state index in [1.807, 2.05) is 20.8 Å².